The number of carbonyl (C=O) groups excluding carboxylic acids is 2. The van der Waals surface area contributed by atoms with Gasteiger partial charge in [-0.05, 0) is 132 Å². The largest absolute Gasteiger partial charge is 0.494 e. The molecule has 0 N–H and O–H groups in total. The van der Waals surface area contributed by atoms with Crippen LogP contribution in [0.3, 0.4) is 0 Å². The molecule has 3 aliphatic rings. The zero-order chi connectivity index (χ0) is 67.7. The molecule has 0 spiro atoms. The molecule has 0 unspecified atom stereocenters. The number of amides is 2. The number of benzene rings is 4. The summed E-state index contributed by atoms with van der Waals surface area (Å²) >= 11 is 9.11. The molecule has 0 fully saturated rings. The minimum Gasteiger partial charge on any atom is -0.494 e. The lowest BCUT2D eigenvalue weighted by Crippen LogP contribution is -2.30. The van der Waals surface area contributed by atoms with E-state index in [0.717, 1.165) is 88.8 Å². The van der Waals surface area contributed by atoms with Gasteiger partial charge >= 0.3 is 0 Å². The van der Waals surface area contributed by atoms with Gasteiger partial charge < -0.3 is 18.9 Å². The van der Waals surface area contributed by atoms with Crippen molar-refractivity contribution < 1.29 is 28.5 Å². The number of unbranched alkanes of at least 4 members (excludes halogenated alkanes) is 25. The van der Waals surface area contributed by atoms with Crippen LogP contribution in [0.15, 0.2) is 120 Å². The van der Waals surface area contributed by atoms with Crippen molar-refractivity contribution >= 4 is 77.9 Å². The van der Waals surface area contributed by atoms with Crippen LogP contribution in [0.25, 0.3) is 38.7 Å². The van der Waals surface area contributed by atoms with Crippen molar-refractivity contribution in [2.75, 3.05) is 33.0 Å². The predicted octanol–water partition coefficient (Wildman–Crippen LogP) is 26.5. The Bertz CT molecular complexity index is 3870. The van der Waals surface area contributed by atoms with Crippen LogP contribution in [0.4, 0.5) is 0 Å². The molecule has 0 saturated heterocycles. The van der Waals surface area contributed by atoms with E-state index >= 15 is 0 Å². The number of imide groups is 1. The number of rotatable bonds is 44. The Labute approximate surface area is 605 Å². The van der Waals surface area contributed by atoms with Crippen LogP contribution < -0.4 is 18.9 Å². The number of hydrogen-bond acceptors (Lipinski definition) is 11. The van der Waals surface area contributed by atoms with E-state index in [0.29, 0.717) is 44.1 Å². The lowest BCUT2D eigenvalue weighted by atomic mass is 9.67. The quantitative estimate of drug-likeness (QED) is 0.0280. The molecule has 9 aromatic rings. The molecule has 0 saturated carbocycles. The van der Waals surface area contributed by atoms with E-state index in [2.05, 4.69) is 149 Å². The topological polar surface area (TPSA) is 74.3 Å². The molecule has 6 heterocycles. The summed E-state index contributed by atoms with van der Waals surface area (Å²) in [6.07, 6.45) is 35.6. The summed E-state index contributed by atoms with van der Waals surface area (Å²) in [4.78, 5) is 37.7. The van der Waals surface area contributed by atoms with Crippen LogP contribution in [0.5, 0.6) is 23.0 Å². The zero-order valence-electron chi connectivity index (χ0n) is 59.2. The van der Waals surface area contributed by atoms with Crippen molar-refractivity contribution in [2.45, 2.75) is 238 Å². The van der Waals surface area contributed by atoms with Gasteiger partial charge in [0.05, 0.1) is 77.3 Å². The van der Waals surface area contributed by atoms with Crippen molar-refractivity contribution in [2.24, 2.45) is 0 Å². The summed E-state index contributed by atoms with van der Waals surface area (Å²) < 4.78 is 28.9. The van der Waals surface area contributed by atoms with Gasteiger partial charge in [-0.1, -0.05) is 244 Å². The lowest BCUT2D eigenvalue weighted by Gasteiger charge is -2.34. The van der Waals surface area contributed by atoms with Crippen LogP contribution in [-0.4, -0.2) is 49.7 Å². The average molecular weight is 1410 g/mol. The average Bonchev–Trinajstić information content (AvgIpc) is 1.49. The van der Waals surface area contributed by atoms with Crippen molar-refractivity contribution in [3.8, 4) is 52.3 Å². The summed E-state index contributed by atoms with van der Waals surface area (Å²) in [7, 11) is 0. The van der Waals surface area contributed by atoms with E-state index in [-0.39, 0.29) is 11.8 Å². The number of hydrogen-bond donors (Lipinski definition) is 0. The number of thiophene rings is 5. The van der Waals surface area contributed by atoms with Gasteiger partial charge in [-0.15, -0.1) is 56.7 Å². The highest BCUT2D eigenvalue weighted by Crippen LogP contribution is 2.70. The lowest BCUT2D eigenvalue weighted by molar-refractivity contribution is 0.0651. The van der Waals surface area contributed by atoms with Crippen LogP contribution in [0.1, 0.15) is 292 Å². The Morgan fingerprint density at radius 2 is 0.704 bits per heavy atom. The van der Waals surface area contributed by atoms with Gasteiger partial charge in [0.25, 0.3) is 11.8 Å². The summed E-state index contributed by atoms with van der Waals surface area (Å²) in [5.41, 5.74) is 9.55. The van der Waals surface area contributed by atoms with E-state index in [4.69, 9.17) is 18.9 Å². The second-order valence-corrected chi connectivity index (χ2v) is 32.6. The van der Waals surface area contributed by atoms with Crippen molar-refractivity contribution in [1.82, 2.24) is 4.90 Å². The minimum atomic E-state index is -0.805. The molecule has 98 heavy (non-hydrogen) atoms. The van der Waals surface area contributed by atoms with Gasteiger partial charge in [0.15, 0.2) is 0 Å². The first-order chi connectivity index (χ1) is 48.3. The predicted molar refractivity (Wildman–Crippen MR) is 418 cm³/mol. The van der Waals surface area contributed by atoms with E-state index in [1.807, 2.05) is 39.4 Å². The molecular formula is C86H105NO6S5. The van der Waals surface area contributed by atoms with Crippen LogP contribution in [0.2, 0.25) is 0 Å². The number of nitrogens with zero attached hydrogens (tertiary/aromatic N) is 1. The van der Waals surface area contributed by atoms with E-state index in [1.165, 1.54) is 215 Å². The van der Waals surface area contributed by atoms with E-state index in [9.17, 15) is 9.59 Å². The summed E-state index contributed by atoms with van der Waals surface area (Å²) in [6.45, 7) is 14.6. The molecule has 12 heteroatoms. The SMILES string of the molecule is CCCCCCCCOc1ccc(C2(c3ccc(OCCCCCCCC)cc3)c3ccsc3-c3sc4c5c(sc4c32)-c2sc(-c3scc4c3C(=O)N(CCCCCCCC)C4=O)cc2C5(c2ccc(OCCCCCCCC)cc2)c2ccc(OCCCCCCCC)cc2)cc1. The van der Waals surface area contributed by atoms with Crippen molar-refractivity contribution in [3.05, 3.63) is 176 Å². The summed E-state index contributed by atoms with van der Waals surface area (Å²) in [5, 5.41) is 4.26. The fourth-order valence-corrected chi connectivity index (χ4v) is 22.2. The monoisotopic (exact) mass is 1410 g/mol. The molecule has 1 aliphatic heterocycles. The molecule has 2 amide bonds. The number of ether oxygens (including phenoxy) is 4. The highest BCUT2D eigenvalue weighted by molar-refractivity contribution is 7.35. The normalized spacial score (nSPS) is 13.9. The van der Waals surface area contributed by atoms with Gasteiger partial charge in [-0.3, -0.25) is 14.5 Å². The summed E-state index contributed by atoms with van der Waals surface area (Å²) in [6, 6.07) is 41.2. The third-order valence-corrected chi connectivity index (χ3v) is 26.9. The summed E-state index contributed by atoms with van der Waals surface area (Å²) in [5.74, 6) is 3.25. The maximum atomic E-state index is 14.8. The fourth-order valence-electron chi connectivity index (χ4n) is 15.5. The first-order valence-corrected chi connectivity index (χ1v) is 42.3. The van der Waals surface area contributed by atoms with E-state index in [1.54, 1.807) is 22.7 Å². The van der Waals surface area contributed by atoms with Gasteiger partial charge in [0.1, 0.15) is 23.0 Å². The van der Waals surface area contributed by atoms with Crippen LogP contribution in [-0.2, 0) is 10.8 Å². The number of carbonyl (C=O) groups is 2. The highest BCUT2D eigenvalue weighted by Gasteiger charge is 2.55. The Balaban J connectivity index is 1.01. The van der Waals surface area contributed by atoms with Gasteiger partial charge in [-0.25, -0.2) is 0 Å². The molecular weight excluding hydrogens is 1300 g/mol. The van der Waals surface area contributed by atoms with Gasteiger partial charge in [0.2, 0.25) is 0 Å². The second kappa shape index (κ2) is 35.0. The molecule has 2 aliphatic carbocycles. The Morgan fingerprint density at radius 3 is 1.10 bits per heavy atom. The van der Waals surface area contributed by atoms with E-state index < -0.39 is 10.8 Å². The molecule has 0 atom stereocenters. The Morgan fingerprint density at radius 1 is 0.347 bits per heavy atom. The maximum absolute atomic E-state index is 14.8. The van der Waals surface area contributed by atoms with Gasteiger partial charge in [0, 0.05) is 32.8 Å². The first kappa shape index (κ1) is 71.8. The maximum Gasteiger partial charge on any atom is 0.263 e. The number of fused-ring (bicyclic) bond motifs is 10. The van der Waals surface area contributed by atoms with Crippen LogP contribution in [0, 0.1) is 0 Å². The minimum absolute atomic E-state index is 0.158. The van der Waals surface area contributed by atoms with Crippen LogP contribution >= 0.6 is 56.7 Å². The third-order valence-electron chi connectivity index (χ3n) is 20.8. The molecule has 520 valence electrons. The molecule has 4 aromatic carbocycles. The van der Waals surface area contributed by atoms with Crippen molar-refractivity contribution in [3.63, 3.8) is 0 Å². The molecule has 12 rings (SSSR count). The molecule has 0 radical (unpaired) electrons. The Kier molecular flexibility index (Phi) is 25.7. The molecule has 5 aromatic heterocycles. The smallest absolute Gasteiger partial charge is 0.263 e. The standard InChI is InChI=1S/C86H105NO6S5/c1-6-11-16-21-26-31-53-87-83(88)69-60-95-78(73(69)84(87)89)72-59-71-77(96-72)80-75(86(71,63-40-48-67(49-41-63)92-56-34-29-24-19-14-9-4)64-42-50-68(51-43-64)93-57-35-30-25-20-15-10-5)82-81(98-80)74-79(97-82)76-70(52-58-94-76)85(74,61-36-44-65(45-37-61)90-54-32-27-22-17-12-7-2)62-38-46-66(47-39-62)91-55-33-28-23-18-13-8-3/h36-52,58-60H,6-35,53-57H2,1-5H3. The van der Waals surface area contributed by atoms with Crippen molar-refractivity contribution in [1.29, 1.82) is 0 Å². The third kappa shape index (κ3) is 15.1. The second-order valence-electron chi connectivity index (χ2n) is 27.7. The van der Waals surface area contributed by atoms with Gasteiger partial charge in [-0.2, -0.15) is 0 Å². The molecule has 7 nitrogen and oxygen atoms in total. The first-order valence-electron chi connectivity index (χ1n) is 38.1. The molecule has 0 bridgehead atoms. The highest BCUT2D eigenvalue weighted by atomic mass is 32.1. The fraction of sp³-hybridized carbons (Fsp3) is 0.488. The Hall–Kier alpha value is -6.02. The zero-order valence-corrected chi connectivity index (χ0v) is 63.3.